The molecule has 1 nitrogen and oxygen atoms in total. The van der Waals surface area contributed by atoms with Gasteiger partial charge in [-0.05, 0) is 31.9 Å². The maximum atomic E-state index is 12.5. The van der Waals surface area contributed by atoms with Crippen LogP contribution < -0.4 is 0 Å². The Kier molecular flexibility index (Phi) is 4.81. The third kappa shape index (κ3) is 5.20. The SMILES string of the molecule is C=C(C)N(/C=C(\C)c1ccc(C)cc1)CC(F)(F)F. The van der Waals surface area contributed by atoms with Crippen molar-refractivity contribution in [3.8, 4) is 0 Å². The molecule has 19 heavy (non-hydrogen) atoms. The lowest BCUT2D eigenvalue weighted by molar-refractivity contribution is -0.137. The summed E-state index contributed by atoms with van der Waals surface area (Å²) < 4.78 is 37.4. The van der Waals surface area contributed by atoms with Crippen LogP contribution in [0.4, 0.5) is 13.2 Å². The number of benzene rings is 1. The summed E-state index contributed by atoms with van der Waals surface area (Å²) in [7, 11) is 0. The van der Waals surface area contributed by atoms with Gasteiger partial charge in [-0.15, -0.1) is 0 Å². The van der Waals surface area contributed by atoms with E-state index in [1.165, 1.54) is 6.20 Å². The number of nitrogens with zero attached hydrogens (tertiary/aromatic N) is 1. The van der Waals surface area contributed by atoms with Gasteiger partial charge in [0.25, 0.3) is 0 Å². The van der Waals surface area contributed by atoms with Crippen LogP contribution in [0.15, 0.2) is 42.7 Å². The van der Waals surface area contributed by atoms with E-state index in [0.29, 0.717) is 5.70 Å². The van der Waals surface area contributed by atoms with Gasteiger partial charge < -0.3 is 4.90 Å². The fourth-order valence-corrected chi connectivity index (χ4v) is 1.61. The van der Waals surface area contributed by atoms with E-state index in [-0.39, 0.29) is 0 Å². The van der Waals surface area contributed by atoms with E-state index in [0.717, 1.165) is 21.6 Å². The minimum atomic E-state index is -4.25. The highest BCUT2D eigenvalue weighted by molar-refractivity contribution is 5.63. The van der Waals surface area contributed by atoms with Crippen LogP contribution in [-0.4, -0.2) is 17.6 Å². The molecule has 0 amide bonds. The summed E-state index contributed by atoms with van der Waals surface area (Å²) in [5.74, 6) is 0. The minimum Gasteiger partial charge on any atom is -0.343 e. The van der Waals surface area contributed by atoms with Crippen molar-refractivity contribution in [1.29, 1.82) is 0 Å². The quantitative estimate of drug-likeness (QED) is 0.762. The second kappa shape index (κ2) is 5.95. The van der Waals surface area contributed by atoms with Crippen molar-refractivity contribution in [2.45, 2.75) is 26.9 Å². The second-order valence-corrected chi connectivity index (χ2v) is 4.66. The Morgan fingerprint density at radius 3 is 2.16 bits per heavy atom. The molecule has 0 N–H and O–H groups in total. The highest BCUT2D eigenvalue weighted by atomic mass is 19.4. The monoisotopic (exact) mass is 269 g/mol. The van der Waals surface area contributed by atoms with E-state index in [2.05, 4.69) is 6.58 Å². The van der Waals surface area contributed by atoms with E-state index in [1.54, 1.807) is 13.8 Å². The van der Waals surface area contributed by atoms with Crippen molar-refractivity contribution in [2.24, 2.45) is 0 Å². The van der Waals surface area contributed by atoms with Crippen molar-refractivity contribution in [3.05, 3.63) is 53.9 Å². The van der Waals surface area contributed by atoms with Crippen molar-refractivity contribution in [3.63, 3.8) is 0 Å². The number of allylic oxidation sites excluding steroid dienone is 2. The standard InChI is InChI=1S/C15H18F3N/c1-11(2)19(10-15(16,17)18)9-13(4)14-7-5-12(3)6-8-14/h5-9H,1,10H2,2-4H3/b13-9+. The number of alkyl halides is 3. The molecule has 0 heterocycles. The lowest BCUT2D eigenvalue weighted by atomic mass is 10.1. The van der Waals surface area contributed by atoms with Crippen LogP contribution in [0.3, 0.4) is 0 Å². The van der Waals surface area contributed by atoms with E-state index in [1.807, 2.05) is 31.2 Å². The molecule has 0 bridgehead atoms. The predicted molar refractivity (Wildman–Crippen MR) is 72.4 cm³/mol. The number of halogens is 3. The molecular formula is C15H18F3N. The summed E-state index contributed by atoms with van der Waals surface area (Å²) in [6.07, 6.45) is -2.76. The molecule has 0 atom stereocenters. The molecule has 1 rings (SSSR count). The first-order valence-electron chi connectivity index (χ1n) is 5.93. The van der Waals surface area contributed by atoms with E-state index < -0.39 is 12.7 Å². The van der Waals surface area contributed by atoms with Gasteiger partial charge in [-0.25, -0.2) is 0 Å². The van der Waals surface area contributed by atoms with Crippen LogP contribution >= 0.6 is 0 Å². The van der Waals surface area contributed by atoms with Crippen LogP contribution in [0.5, 0.6) is 0 Å². The molecule has 104 valence electrons. The summed E-state index contributed by atoms with van der Waals surface area (Å²) in [5, 5.41) is 0. The van der Waals surface area contributed by atoms with E-state index in [4.69, 9.17) is 0 Å². The fraction of sp³-hybridized carbons (Fsp3) is 0.333. The zero-order chi connectivity index (χ0) is 14.6. The van der Waals surface area contributed by atoms with Crippen LogP contribution in [0, 0.1) is 6.92 Å². The van der Waals surface area contributed by atoms with Gasteiger partial charge in [0.15, 0.2) is 0 Å². The zero-order valence-electron chi connectivity index (χ0n) is 11.4. The molecule has 0 radical (unpaired) electrons. The molecule has 0 spiro atoms. The Labute approximate surface area is 112 Å². The van der Waals surface area contributed by atoms with Gasteiger partial charge in [0, 0.05) is 11.9 Å². The first kappa shape index (κ1) is 15.3. The van der Waals surface area contributed by atoms with Gasteiger partial charge in [0.1, 0.15) is 6.54 Å². The highest BCUT2D eigenvalue weighted by Gasteiger charge is 2.30. The summed E-state index contributed by atoms with van der Waals surface area (Å²) >= 11 is 0. The Hall–Kier alpha value is -1.71. The number of rotatable bonds is 4. The molecule has 4 heteroatoms. The zero-order valence-corrected chi connectivity index (χ0v) is 11.4. The van der Waals surface area contributed by atoms with Gasteiger partial charge in [-0.3, -0.25) is 0 Å². The van der Waals surface area contributed by atoms with Crippen LogP contribution in [0.25, 0.3) is 5.57 Å². The lowest BCUT2D eigenvalue weighted by Gasteiger charge is -2.23. The topological polar surface area (TPSA) is 3.24 Å². The molecule has 1 aromatic rings. The van der Waals surface area contributed by atoms with Gasteiger partial charge in [-0.1, -0.05) is 36.4 Å². The largest absolute Gasteiger partial charge is 0.406 e. The summed E-state index contributed by atoms with van der Waals surface area (Å²) in [6.45, 7) is 7.87. The smallest absolute Gasteiger partial charge is 0.343 e. The molecule has 0 aliphatic carbocycles. The number of hydrogen-bond acceptors (Lipinski definition) is 1. The number of hydrogen-bond donors (Lipinski definition) is 0. The van der Waals surface area contributed by atoms with Crippen LogP contribution in [-0.2, 0) is 0 Å². The fourth-order valence-electron chi connectivity index (χ4n) is 1.61. The Bertz CT molecular complexity index is 469. The Balaban J connectivity index is 2.95. The minimum absolute atomic E-state index is 0.365. The average Bonchev–Trinajstić information content (AvgIpc) is 2.27. The Morgan fingerprint density at radius 2 is 1.74 bits per heavy atom. The third-order valence-electron chi connectivity index (χ3n) is 2.70. The van der Waals surface area contributed by atoms with E-state index >= 15 is 0 Å². The molecule has 1 aromatic carbocycles. The van der Waals surface area contributed by atoms with Crippen molar-refractivity contribution < 1.29 is 13.2 Å². The maximum Gasteiger partial charge on any atom is 0.406 e. The summed E-state index contributed by atoms with van der Waals surface area (Å²) in [5.41, 5.74) is 3.15. The number of aryl methyl sites for hydroxylation is 1. The predicted octanol–water partition coefficient (Wildman–Crippen LogP) is 4.75. The molecule has 0 aliphatic heterocycles. The molecule has 0 unspecified atom stereocenters. The molecular weight excluding hydrogens is 251 g/mol. The summed E-state index contributed by atoms with van der Waals surface area (Å²) in [4.78, 5) is 1.12. The summed E-state index contributed by atoms with van der Waals surface area (Å²) in [6, 6.07) is 7.65. The highest BCUT2D eigenvalue weighted by Crippen LogP contribution is 2.22. The first-order chi connectivity index (χ1) is 8.69. The molecule has 0 saturated heterocycles. The van der Waals surface area contributed by atoms with Crippen LogP contribution in [0.1, 0.15) is 25.0 Å². The van der Waals surface area contributed by atoms with Crippen molar-refractivity contribution in [2.75, 3.05) is 6.54 Å². The first-order valence-corrected chi connectivity index (χ1v) is 5.93. The van der Waals surface area contributed by atoms with E-state index in [9.17, 15) is 13.2 Å². The lowest BCUT2D eigenvalue weighted by Crippen LogP contribution is -2.28. The van der Waals surface area contributed by atoms with Crippen molar-refractivity contribution >= 4 is 5.57 Å². The average molecular weight is 269 g/mol. The van der Waals surface area contributed by atoms with Gasteiger partial charge in [0.05, 0.1) is 0 Å². The van der Waals surface area contributed by atoms with Gasteiger partial charge in [-0.2, -0.15) is 13.2 Å². The second-order valence-electron chi connectivity index (χ2n) is 4.66. The van der Waals surface area contributed by atoms with Crippen molar-refractivity contribution in [1.82, 2.24) is 4.90 Å². The molecule has 0 fully saturated rings. The normalized spacial score (nSPS) is 12.4. The third-order valence-corrected chi connectivity index (χ3v) is 2.70. The van der Waals surface area contributed by atoms with Crippen LogP contribution in [0.2, 0.25) is 0 Å². The van der Waals surface area contributed by atoms with Gasteiger partial charge in [0.2, 0.25) is 0 Å². The molecule has 0 saturated carbocycles. The molecule has 0 aromatic heterocycles. The Morgan fingerprint density at radius 1 is 1.21 bits per heavy atom. The maximum absolute atomic E-state index is 12.5. The molecule has 0 aliphatic rings. The van der Waals surface area contributed by atoms with Gasteiger partial charge >= 0.3 is 6.18 Å².